The van der Waals surface area contributed by atoms with E-state index in [1.54, 1.807) is 24.4 Å². The maximum Gasteiger partial charge on any atom is 0.267 e. The summed E-state index contributed by atoms with van der Waals surface area (Å²) in [7, 11) is 2.06. The number of hydrogen-bond acceptors (Lipinski definition) is 7. The Bertz CT molecular complexity index is 1410. The third-order valence-corrected chi connectivity index (χ3v) is 6.55. The number of pyridine rings is 1. The van der Waals surface area contributed by atoms with Gasteiger partial charge in [0.05, 0.1) is 17.7 Å². The number of phenols is 1. The van der Waals surface area contributed by atoms with Gasteiger partial charge in [-0.25, -0.2) is 9.97 Å². The van der Waals surface area contributed by atoms with Gasteiger partial charge < -0.3 is 20.4 Å². The van der Waals surface area contributed by atoms with Gasteiger partial charge >= 0.3 is 0 Å². The van der Waals surface area contributed by atoms with Gasteiger partial charge in [0, 0.05) is 37.0 Å². The van der Waals surface area contributed by atoms with Gasteiger partial charge in [0.1, 0.15) is 12.1 Å². The number of rotatable bonds is 7. The zero-order valence-corrected chi connectivity index (χ0v) is 19.7. The van der Waals surface area contributed by atoms with Crippen LogP contribution in [0, 0.1) is 0 Å². The smallest absolute Gasteiger partial charge is 0.267 e. The van der Waals surface area contributed by atoms with E-state index in [2.05, 4.69) is 27.2 Å². The van der Waals surface area contributed by atoms with Crippen molar-refractivity contribution in [1.29, 1.82) is 0 Å². The Kier molecular flexibility index (Phi) is 6.59. The standard InChI is InChI=1S/C27H29N5O3/c1-31(14-20-7-4-10-28-20)15-24-23(19-6-2-5-18(11-19)16-33)13-29-26-25(24)27(35)32(17-30-26)21-8-3-9-22(34)12-21/h2-3,5-6,8-9,11-13,17,20,28,33-34H,4,7,10,14-16H2,1H3/t20-/m0/s1. The second-order valence-electron chi connectivity index (χ2n) is 9.14. The molecule has 0 saturated carbocycles. The molecule has 0 radical (unpaired) electrons. The molecular weight excluding hydrogens is 442 g/mol. The van der Waals surface area contributed by atoms with Crippen molar-refractivity contribution in [2.75, 3.05) is 20.1 Å². The summed E-state index contributed by atoms with van der Waals surface area (Å²) in [6.07, 6.45) is 5.53. The summed E-state index contributed by atoms with van der Waals surface area (Å²) in [5.41, 5.74) is 4.04. The molecule has 0 aliphatic carbocycles. The van der Waals surface area contributed by atoms with Gasteiger partial charge in [0.15, 0.2) is 5.65 Å². The molecule has 8 heteroatoms. The molecular formula is C27H29N5O3. The van der Waals surface area contributed by atoms with Crippen LogP contribution in [0.2, 0.25) is 0 Å². The Morgan fingerprint density at radius 2 is 2.03 bits per heavy atom. The quantitative estimate of drug-likeness (QED) is 0.381. The van der Waals surface area contributed by atoms with Crippen LogP contribution in [0.5, 0.6) is 5.75 Å². The molecule has 3 N–H and O–H groups in total. The molecule has 5 rings (SSSR count). The third-order valence-electron chi connectivity index (χ3n) is 6.55. The molecule has 4 aromatic rings. The van der Waals surface area contributed by atoms with E-state index in [0.717, 1.165) is 41.8 Å². The maximum atomic E-state index is 13.8. The molecule has 1 aliphatic rings. The number of phenolic OH excluding ortho intramolecular Hbond substituents is 1. The summed E-state index contributed by atoms with van der Waals surface area (Å²) < 4.78 is 1.44. The Balaban J connectivity index is 1.68. The monoisotopic (exact) mass is 471 g/mol. The van der Waals surface area contributed by atoms with Gasteiger partial charge in [-0.05, 0) is 61.3 Å². The molecule has 1 atom stereocenters. The number of likely N-dealkylation sites (N-methyl/N-ethyl adjacent to an activating group) is 1. The molecule has 1 aliphatic heterocycles. The molecule has 8 nitrogen and oxygen atoms in total. The predicted molar refractivity (Wildman–Crippen MR) is 136 cm³/mol. The number of aliphatic hydroxyl groups is 1. The normalized spacial score (nSPS) is 15.8. The van der Waals surface area contributed by atoms with Crippen molar-refractivity contribution in [2.45, 2.75) is 32.0 Å². The Hall–Kier alpha value is -3.59. The SMILES string of the molecule is CN(Cc1c(-c2cccc(CO)c2)cnc2ncn(-c3cccc(O)c3)c(=O)c12)C[C@@H]1CCCN1. The zero-order chi connectivity index (χ0) is 24.4. The summed E-state index contributed by atoms with van der Waals surface area (Å²) in [6.45, 7) is 2.37. The van der Waals surface area contributed by atoms with E-state index < -0.39 is 0 Å². The molecule has 1 saturated heterocycles. The number of hydrogen-bond donors (Lipinski definition) is 3. The lowest BCUT2D eigenvalue weighted by atomic mass is 9.97. The highest BCUT2D eigenvalue weighted by molar-refractivity contribution is 5.86. The number of aromatic hydroxyl groups is 1. The number of nitrogens with one attached hydrogen (secondary N) is 1. The van der Waals surface area contributed by atoms with Crippen molar-refractivity contribution in [2.24, 2.45) is 0 Å². The first-order valence-corrected chi connectivity index (χ1v) is 11.8. The van der Waals surface area contributed by atoms with Crippen LogP contribution >= 0.6 is 0 Å². The summed E-state index contributed by atoms with van der Waals surface area (Å²) in [5.74, 6) is 0.0752. The minimum Gasteiger partial charge on any atom is -0.508 e. The fraction of sp³-hybridized carbons (Fsp3) is 0.296. The van der Waals surface area contributed by atoms with Gasteiger partial charge in [0.25, 0.3) is 5.56 Å². The topological polar surface area (TPSA) is 104 Å². The molecule has 0 unspecified atom stereocenters. The van der Waals surface area contributed by atoms with Crippen LogP contribution in [0.25, 0.3) is 27.8 Å². The number of aliphatic hydroxyl groups excluding tert-OH is 1. The molecule has 35 heavy (non-hydrogen) atoms. The molecule has 0 spiro atoms. The second kappa shape index (κ2) is 9.95. The van der Waals surface area contributed by atoms with Gasteiger partial charge in [-0.1, -0.05) is 24.3 Å². The largest absolute Gasteiger partial charge is 0.508 e. The van der Waals surface area contributed by atoms with E-state index >= 15 is 0 Å². The van der Waals surface area contributed by atoms with Gasteiger partial charge in [-0.2, -0.15) is 0 Å². The van der Waals surface area contributed by atoms with Crippen LogP contribution in [0.15, 0.2) is 65.8 Å². The van der Waals surface area contributed by atoms with E-state index in [1.165, 1.54) is 23.4 Å². The van der Waals surface area contributed by atoms with E-state index in [-0.39, 0.29) is 17.9 Å². The molecule has 2 aromatic carbocycles. The Labute approximate surface area is 203 Å². The van der Waals surface area contributed by atoms with Crippen LogP contribution in [-0.4, -0.2) is 55.8 Å². The first-order chi connectivity index (χ1) is 17.0. The van der Waals surface area contributed by atoms with Crippen molar-refractivity contribution in [3.05, 3.63) is 82.5 Å². The lowest BCUT2D eigenvalue weighted by molar-refractivity contribution is 0.282. The minimum atomic E-state index is -0.240. The zero-order valence-electron chi connectivity index (χ0n) is 19.7. The summed E-state index contributed by atoms with van der Waals surface area (Å²) in [6, 6.07) is 14.6. The Morgan fingerprint density at radius 3 is 2.80 bits per heavy atom. The number of fused-ring (bicyclic) bond motifs is 1. The lowest BCUT2D eigenvalue weighted by Gasteiger charge is -2.23. The van der Waals surface area contributed by atoms with Crippen LogP contribution < -0.4 is 10.9 Å². The first kappa shape index (κ1) is 23.2. The third kappa shape index (κ3) is 4.81. The van der Waals surface area contributed by atoms with Gasteiger partial charge in [-0.15, -0.1) is 0 Å². The van der Waals surface area contributed by atoms with E-state index in [4.69, 9.17) is 0 Å². The van der Waals surface area contributed by atoms with Crippen molar-refractivity contribution in [1.82, 2.24) is 24.8 Å². The summed E-state index contributed by atoms with van der Waals surface area (Å²) in [5, 5.41) is 23.6. The van der Waals surface area contributed by atoms with Crippen molar-refractivity contribution >= 4 is 11.0 Å². The van der Waals surface area contributed by atoms with Crippen LogP contribution in [0.1, 0.15) is 24.0 Å². The highest BCUT2D eigenvalue weighted by Gasteiger charge is 2.21. The van der Waals surface area contributed by atoms with Crippen LogP contribution in [0.4, 0.5) is 0 Å². The highest BCUT2D eigenvalue weighted by atomic mass is 16.3. The second-order valence-corrected chi connectivity index (χ2v) is 9.14. The molecule has 0 amide bonds. The lowest BCUT2D eigenvalue weighted by Crippen LogP contribution is -2.35. The predicted octanol–water partition coefficient (Wildman–Crippen LogP) is 2.83. The van der Waals surface area contributed by atoms with Gasteiger partial charge in [0.2, 0.25) is 0 Å². The summed E-state index contributed by atoms with van der Waals surface area (Å²) >= 11 is 0. The molecule has 2 aromatic heterocycles. The fourth-order valence-corrected chi connectivity index (χ4v) is 4.85. The average Bonchev–Trinajstić information content (AvgIpc) is 3.37. The molecule has 180 valence electrons. The van der Waals surface area contributed by atoms with Crippen molar-refractivity contribution in [3.8, 4) is 22.6 Å². The van der Waals surface area contributed by atoms with E-state index in [9.17, 15) is 15.0 Å². The first-order valence-electron chi connectivity index (χ1n) is 11.8. The molecule has 0 bridgehead atoms. The van der Waals surface area contributed by atoms with Crippen LogP contribution in [0.3, 0.4) is 0 Å². The molecule has 1 fully saturated rings. The number of nitrogens with zero attached hydrogens (tertiary/aromatic N) is 4. The Morgan fingerprint density at radius 1 is 1.17 bits per heavy atom. The van der Waals surface area contributed by atoms with Crippen LogP contribution in [-0.2, 0) is 13.2 Å². The van der Waals surface area contributed by atoms with E-state index in [0.29, 0.717) is 29.3 Å². The number of benzene rings is 2. The van der Waals surface area contributed by atoms with Gasteiger partial charge in [-0.3, -0.25) is 9.36 Å². The highest BCUT2D eigenvalue weighted by Crippen LogP contribution is 2.29. The fourth-order valence-electron chi connectivity index (χ4n) is 4.85. The maximum absolute atomic E-state index is 13.8. The number of aromatic nitrogens is 3. The minimum absolute atomic E-state index is 0.0662. The van der Waals surface area contributed by atoms with E-state index in [1.807, 2.05) is 24.3 Å². The average molecular weight is 472 g/mol. The van der Waals surface area contributed by atoms with Crippen molar-refractivity contribution < 1.29 is 10.2 Å². The molecule has 3 heterocycles. The van der Waals surface area contributed by atoms with Crippen molar-refractivity contribution in [3.63, 3.8) is 0 Å². The summed E-state index contributed by atoms with van der Waals surface area (Å²) in [4.78, 5) is 25.1.